The molecule has 1 fully saturated rings. The summed E-state index contributed by atoms with van der Waals surface area (Å²) in [5.74, 6) is -1.75. The van der Waals surface area contributed by atoms with Crippen LogP contribution in [0.4, 0.5) is 8.78 Å². The molecular weight excluding hydrogens is 330 g/mol. The van der Waals surface area contributed by atoms with Crippen LogP contribution in [0.15, 0.2) is 23.2 Å². The molecule has 7 nitrogen and oxygen atoms in total. The molecule has 3 rings (SSSR count). The van der Waals surface area contributed by atoms with Crippen molar-refractivity contribution in [3.05, 3.63) is 41.2 Å². The van der Waals surface area contributed by atoms with Crippen molar-refractivity contribution in [2.75, 3.05) is 13.1 Å². The largest absolute Gasteiger partial charge is 0.390 e. The first kappa shape index (κ1) is 16.0. The maximum atomic E-state index is 13.9. The van der Waals surface area contributed by atoms with Gasteiger partial charge in [-0.25, -0.2) is 21.9 Å². The highest BCUT2D eigenvalue weighted by atomic mass is 32.2. The molecule has 1 aliphatic heterocycles. The van der Waals surface area contributed by atoms with E-state index in [9.17, 15) is 17.2 Å². The summed E-state index contributed by atoms with van der Waals surface area (Å²) in [6, 6.07) is 1.31. The Morgan fingerprint density at radius 1 is 1.30 bits per heavy atom. The zero-order valence-corrected chi connectivity index (χ0v) is 13.0. The molecule has 0 aliphatic carbocycles. The number of aliphatic hydroxyl groups excluding tert-OH is 1. The van der Waals surface area contributed by atoms with Gasteiger partial charge in [0.1, 0.15) is 22.2 Å². The van der Waals surface area contributed by atoms with E-state index in [1.807, 2.05) is 0 Å². The van der Waals surface area contributed by atoms with Gasteiger partial charge in [0.25, 0.3) is 0 Å². The van der Waals surface area contributed by atoms with E-state index in [0.717, 1.165) is 10.4 Å². The van der Waals surface area contributed by atoms with Gasteiger partial charge in [-0.3, -0.25) is 0 Å². The number of halogens is 2. The summed E-state index contributed by atoms with van der Waals surface area (Å²) in [6.45, 7) is 1.25. The van der Waals surface area contributed by atoms with Gasteiger partial charge in [0.2, 0.25) is 10.0 Å². The van der Waals surface area contributed by atoms with Crippen LogP contribution in [0.3, 0.4) is 0 Å². The molecule has 0 spiro atoms. The minimum absolute atomic E-state index is 0.0436. The van der Waals surface area contributed by atoms with E-state index < -0.39 is 26.6 Å². The molecular formula is C13H14F2N4O3S. The first-order valence-electron chi connectivity index (χ1n) is 6.80. The van der Waals surface area contributed by atoms with Crippen molar-refractivity contribution >= 4 is 10.0 Å². The molecule has 2 heterocycles. The summed E-state index contributed by atoms with van der Waals surface area (Å²) >= 11 is 0. The van der Waals surface area contributed by atoms with Gasteiger partial charge >= 0.3 is 0 Å². The minimum atomic E-state index is -4.10. The van der Waals surface area contributed by atoms with E-state index >= 15 is 0 Å². The molecule has 1 aliphatic rings. The summed E-state index contributed by atoms with van der Waals surface area (Å²) in [7, 11) is -4.10. The second kappa shape index (κ2) is 5.62. The van der Waals surface area contributed by atoms with Gasteiger partial charge in [-0.1, -0.05) is 5.21 Å². The molecule has 124 valence electrons. The third-order valence-electron chi connectivity index (χ3n) is 3.75. The van der Waals surface area contributed by atoms with E-state index in [2.05, 4.69) is 10.3 Å². The van der Waals surface area contributed by atoms with Gasteiger partial charge in [0, 0.05) is 13.1 Å². The number of sulfonamides is 1. The molecule has 1 N–H and O–H groups in total. The summed E-state index contributed by atoms with van der Waals surface area (Å²) in [4.78, 5) is -0.673. The maximum absolute atomic E-state index is 13.9. The maximum Gasteiger partial charge on any atom is 0.246 e. The fraction of sp³-hybridized carbons (Fsp3) is 0.385. The first-order chi connectivity index (χ1) is 10.8. The van der Waals surface area contributed by atoms with E-state index in [0.29, 0.717) is 11.8 Å². The lowest BCUT2D eigenvalue weighted by Gasteiger charge is -2.37. The van der Waals surface area contributed by atoms with Crippen molar-refractivity contribution in [3.63, 3.8) is 0 Å². The Kier molecular flexibility index (Phi) is 3.90. The number of benzene rings is 1. The van der Waals surface area contributed by atoms with Gasteiger partial charge in [0.05, 0.1) is 18.8 Å². The standard InChI is InChI=1S/C13H14F2N4O3S/c1-8-2-12(15)13(3-11(8)14)23(21,22)18-5-10(6-18)19-4-9(7-20)16-17-19/h2-4,10,20H,5-7H2,1H3. The van der Waals surface area contributed by atoms with Gasteiger partial charge in [0.15, 0.2) is 0 Å². The van der Waals surface area contributed by atoms with Crippen LogP contribution in [0, 0.1) is 18.6 Å². The average Bonchev–Trinajstić information content (AvgIpc) is 2.89. The van der Waals surface area contributed by atoms with Crippen LogP contribution in [-0.2, 0) is 16.6 Å². The topological polar surface area (TPSA) is 88.3 Å². The molecule has 0 unspecified atom stereocenters. The number of aryl methyl sites for hydroxylation is 1. The number of aromatic nitrogens is 3. The fourth-order valence-corrected chi connectivity index (χ4v) is 3.88. The Balaban J connectivity index is 1.79. The lowest BCUT2D eigenvalue weighted by molar-refractivity contribution is 0.188. The highest BCUT2D eigenvalue weighted by Gasteiger charge is 2.39. The second-order valence-electron chi connectivity index (χ2n) is 5.36. The molecule has 10 heteroatoms. The van der Waals surface area contributed by atoms with Gasteiger partial charge in [-0.05, 0) is 24.6 Å². The molecule has 0 radical (unpaired) electrons. The third-order valence-corrected chi connectivity index (χ3v) is 5.60. The van der Waals surface area contributed by atoms with Crippen molar-refractivity contribution in [2.45, 2.75) is 24.5 Å². The van der Waals surface area contributed by atoms with Crippen molar-refractivity contribution in [3.8, 4) is 0 Å². The van der Waals surface area contributed by atoms with Gasteiger partial charge < -0.3 is 5.11 Å². The monoisotopic (exact) mass is 344 g/mol. The molecule has 1 aromatic heterocycles. The lowest BCUT2D eigenvalue weighted by Crippen LogP contribution is -2.50. The molecule has 1 saturated heterocycles. The molecule has 2 aromatic rings. The highest BCUT2D eigenvalue weighted by Crippen LogP contribution is 2.30. The predicted octanol–water partition coefficient (Wildman–Crippen LogP) is 0.603. The third kappa shape index (κ3) is 2.73. The van der Waals surface area contributed by atoms with Crippen molar-refractivity contribution in [1.82, 2.24) is 19.3 Å². The number of aliphatic hydroxyl groups is 1. The van der Waals surface area contributed by atoms with Crippen LogP contribution in [0.1, 0.15) is 17.3 Å². The summed E-state index contributed by atoms with van der Waals surface area (Å²) in [5.41, 5.74) is 0.417. The Morgan fingerprint density at radius 2 is 2.00 bits per heavy atom. The Morgan fingerprint density at radius 3 is 2.61 bits per heavy atom. The summed E-state index contributed by atoms with van der Waals surface area (Å²) in [5, 5.41) is 16.4. The van der Waals surface area contributed by atoms with Crippen LogP contribution in [0.25, 0.3) is 0 Å². The summed E-state index contributed by atoms with van der Waals surface area (Å²) < 4.78 is 54.7. The molecule has 0 amide bonds. The van der Waals surface area contributed by atoms with Crippen molar-refractivity contribution in [1.29, 1.82) is 0 Å². The second-order valence-corrected chi connectivity index (χ2v) is 7.26. The van der Waals surface area contributed by atoms with Crippen LogP contribution in [0.5, 0.6) is 0 Å². The smallest absolute Gasteiger partial charge is 0.246 e. The minimum Gasteiger partial charge on any atom is -0.390 e. The number of nitrogens with zero attached hydrogens (tertiary/aromatic N) is 4. The van der Waals surface area contributed by atoms with Crippen LogP contribution < -0.4 is 0 Å². The van der Waals surface area contributed by atoms with Crippen LogP contribution in [-0.4, -0.2) is 45.9 Å². The predicted molar refractivity (Wildman–Crippen MR) is 74.8 cm³/mol. The van der Waals surface area contributed by atoms with Crippen LogP contribution >= 0.6 is 0 Å². The number of hydrogen-bond donors (Lipinski definition) is 1. The van der Waals surface area contributed by atoms with Crippen molar-refractivity contribution in [2.24, 2.45) is 0 Å². The Hall–Kier alpha value is -1.91. The molecule has 1 aromatic carbocycles. The summed E-state index contributed by atoms with van der Waals surface area (Å²) in [6.07, 6.45) is 1.51. The Bertz CT molecular complexity index is 847. The number of hydrogen-bond acceptors (Lipinski definition) is 5. The quantitative estimate of drug-likeness (QED) is 0.878. The SMILES string of the molecule is Cc1cc(F)c(S(=O)(=O)N2CC(n3cc(CO)nn3)C2)cc1F. The molecule has 0 bridgehead atoms. The average molecular weight is 344 g/mol. The van der Waals surface area contributed by atoms with Gasteiger partial charge in [-0.2, -0.15) is 4.31 Å². The zero-order valence-electron chi connectivity index (χ0n) is 12.1. The van der Waals surface area contributed by atoms with E-state index in [1.165, 1.54) is 17.8 Å². The normalized spacial score (nSPS) is 16.5. The van der Waals surface area contributed by atoms with Gasteiger partial charge in [-0.15, -0.1) is 5.10 Å². The molecule has 0 atom stereocenters. The molecule has 0 saturated carbocycles. The van der Waals surface area contributed by atoms with E-state index in [-0.39, 0.29) is 31.3 Å². The number of rotatable bonds is 4. The Labute approximate surface area is 131 Å². The van der Waals surface area contributed by atoms with E-state index in [1.54, 1.807) is 0 Å². The highest BCUT2D eigenvalue weighted by molar-refractivity contribution is 7.89. The zero-order chi connectivity index (χ0) is 16.8. The van der Waals surface area contributed by atoms with Crippen LogP contribution in [0.2, 0.25) is 0 Å². The lowest BCUT2D eigenvalue weighted by atomic mass is 10.2. The molecule has 23 heavy (non-hydrogen) atoms. The van der Waals surface area contributed by atoms with Crippen molar-refractivity contribution < 1.29 is 22.3 Å². The van der Waals surface area contributed by atoms with E-state index in [4.69, 9.17) is 5.11 Å². The first-order valence-corrected chi connectivity index (χ1v) is 8.24. The fourth-order valence-electron chi connectivity index (χ4n) is 2.31.